The number of nitrogens with zero attached hydrogens (tertiary/aromatic N) is 4. The third-order valence-electron chi connectivity index (χ3n) is 4.20. The van der Waals surface area contributed by atoms with Crippen molar-refractivity contribution < 1.29 is 19.2 Å². The largest absolute Gasteiger partial charge is 0.493 e. The van der Waals surface area contributed by atoms with Gasteiger partial charge < -0.3 is 9.47 Å². The highest BCUT2D eigenvalue weighted by molar-refractivity contribution is 9.10. The van der Waals surface area contributed by atoms with Crippen molar-refractivity contribution in [3.05, 3.63) is 80.1 Å². The van der Waals surface area contributed by atoms with Crippen LogP contribution in [0.3, 0.4) is 0 Å². The van der Waals surface area contributed by atoms with E-state index < -0.39 is 16.5 Å². The minimum absolute atomic E-state index is 0.274. The molecule has 10 nitrogen and oxygen atoms in total. The molecule has 0 atom stereocenters. The third kappa shape index (κ3) is 5.45. The van der Waals surface area contributed by atoms with Crippen molar-refractivity contribution in [3.63, 3.8) is 0 Å². The molecule has 3 aromatic rings. The molecule has 0 spiro atoms. The summed E-state index contributed by atoms with van der Waals surface area (Å²) >= 11 is 3.35. The van der Waals surface area contributed by atoms with Crippen molar-refractivity contribution in [2.45, 2.75) is 6.54 Å². The smallest absolute Gasteiger partial charge is 0.320 e. The number of benzene rings is 2. The van der Waals surface area contributed by atoms with E-state index in [1.54, 1.807) is 18.2 Å². The van der Waals surface area contributed by atoms with Crippen molar-refractivity contribution >= 4 is 33.7 Å². The number of carbonyl (C=O) groups excluding carboxylic acids is 1. The number of rotatable bonds is 8. The first-order chi connectivity index (χ1) is 14.9. The van der Waals surface area contributed by atoms with Crippen molar-refractivity contribution in [1.82, 2.24) is 15.2 Å². The number of aromatic nitrogens is 2. The lowest BCUT2D eigenvalue weighted by atomic mass is 10.2. The van der Waals surface area contributed by atoms with Crippen molar-refractivity contribution in [2.75, 3.05) is 14.2 Å². The maximum atomic E-state index is 12.4. The lowest BCUT2D eigenvalue weighted by Crippen LogP contribution is -2.19. The lowest BCUT2D eigenvalue weighted by molar-refractivity contribution is -0.385. The first kappa shape index (κ1) is 22.0. The molecule has 1 heterocycles. The topological polar surface area (TPSA) is 121 Å². The van der Waals surface area contributed by atoms with E-state index >= 15 is 0 Å². The van der Waals surface area contributed by atoms with E-state index in [0.29, 0.717) is 17.1 Å². The van der Waals surface area contributed by atoms with Gasteiger partial charge in [0.1, 0.15) is 6.20 Å². The molecular weight excluding hydrogens is 470 g/mol. The van der Waals surface area contributed by atoms with Crippen molar-refractivity contribution in [3.8, 4) is 11.5 Å². The molecule has 160 valence electrons. The second-order valence-electron chi connectivity index (χ2n) is 6.26. The highest BCUT2D eigenvalue weighted by Crippen LogP contribution is 2.26. The van der Waals surface area contributed by atoms with E-state index in [-0.39, 0.29) is 12.2 Å². The molecule has 2 aromatic carbocycles. The Balaban J connectivity index is 1.74. The first-order valence-electron chi connectivity index (χ1n) is 8.93. The number of hydrogen-bond donors (Lipinski definition) is 1. The van der Waals surface area contributed by atoms with Crippen LogP contribution in [0.4, 0.5) is 5.69 Å². The van der Waals surface area contributed by atoms with E-state index in [1.807, 2.05) is 24.3 Å². The summed E-state index contributed by atoms with van der Waals surface area (Å²) in [5, 5.41) is 19.3. The zero-order chi connectivity index (χ0) is 22.4. The van der Waals surface area contributed by atoms with Crippen molar-refractivity contribution in [2.24, 2.45) is 5.10 Å². The van der Waals surface area contributed by atoms with Gasteiger partial charge in [-0.25, -0.2) is 5.43 Å². The fourth-order valence-electron chi connectivity index (χ4n) is 2.72. The molecular formula is C20H18BrN5O5. The molecule has 3 rings (SSSR count). The molecule has 11 heteroatoms. The van der Waals surface area contributed by atoms with Crippen LogP contribution < -0.4 is 14.9 Å². The molecule has 1 N–H and O–H groups in total. The minimum Gasteiger partial charge on any atom is -0.493 e. The number of nitrogens with one attached hydrogen (secondary N) is 1. The molecule has 0 aliphatic rings. The zero-order valence-corrected chi connectivity index (χ0v) is 18.2. The van der Waals surface area contributed by atoms with E-state index in [1.165, 1.54) is 31.3 Å². The molecule has 0 saturated carbocycles. The number of carbonyl (C=O) groups is 1. The fraction of sp³-hybridized carbons (Fsp3) is 0.150. The minimum atomic E-state index is -0.794. The van der Waals surface area contributed by atoms with Gasteiger partial charge >= 0.3 is 5.69 Å². The predicted molar refractivity (Wildman–Crippen MR) is 117 cm³/mol. The summed E-state index contributed by atoms with van der Waals surface area (Å²) < 4.78 is 12.6. The summed E-state index contributed by atoms with van der Waals surface area (Å²) in [7, 11) is 3.03. The van der Waals surface area contributed by atoms with Crippen LogP contribution in [0, 0.1) is 10.1 Å². The van der Waals surface area contributed by atoms with Gasteiger partial charge in [0.2, 0.25) is 5.69 Å². The number of methoxy groups -OCH3 is 2. The lowest BCUT2D eigenvalue weighted by Gasteiger charge is -2.07. The molecule has 1 amide bonds. The number of halogens is 1. The van der Waals surface area contributed by atoms with Gasteiger partial charge in [-0.05, 0) is 41.5 Å². The number of amides is 1. The standard InChI is InChI=1S/C20H18BrN5O5/c1-30-17-8-5-14(9-18(17)31-2)10-22-23-20(27)19-16(26(28)29)12-25(24-19)11-13-3-6-15(21)7-4-13/h3-10,12H,11H2,1-2H3,(H,23,27)/b22-10+. The summed E-state index contributed by atoms with van der Waals surface area (Å²) in [5.74, 6) is 0.258. The Hall–Kier alpha value is -3.73. The Morgan fingerprint density at radius 3 is 2.58 bits per heavy atom. The van der Waals surface area contributed by atoms with E-state index in [2.05, 4.69) is 31.6 Å². The van der Waals surface area contributed by atoms with Gasteiger partial charge in [-0.1, -0.05) is 28.1 Å². The maximum Gasteiger partial charge on any atom is 0.320 e. The van der Waals surface area contributed by atoms with Gasteiger partial charge in [-0.15, -0.1) is 0 Å². The van der Waals surface area contributed by atoms with Gasteiger partial charge in [0.15, 0.2) is 11.5 Å². The summed E-state index contributed by atoms with van der Waals surface area (Å²) in [4.78, 5) is 23.1. The zero-order valence-electron chi connectivity index (χ0n) is 16.6. The molecule has 0 bridgehead atoms. The molecule has 0 aliphatic carbocycles. The highest BCUT2D eigenvalue weighted by Gasteiger charge is 2.25. The van der Waals surface area contributed by atoms with Gasteiger partial charge in [0.05, 0.1) is 31.9 Å². The van der Waals surface area contributed by atoms with Gasteiger partial charge in [-0.2, -0.15) is 10.2 Å². The fourth-order valence-corrected chi connectivity index (χ4v) is 2.98. The second kappa shape index (κ2) is 9.85. The molecule has 0 fully saturated rings. The molecule has 0 saturated heterocycles. The molecule has 31 heavy (non-hydrogen) atoms. The van der Waals surface area contributed by atoms with Gasteiger partial charge in [-0.3, -0.25) is 19.6 Å². The molecule has 0 unspecified atom stereocenters. The average Bonchev–Trinajstić information content (AvgIpc) is 3.19. The summed E-state index contributed by atoms with van der Waals surface area (Å²) in [6, 6.07) is 12.5. The Morgan fingerprint density at radius 1 is 1.23 bits per heavy atom. The van der Waals surface area contributed by atoms with Crippen LogP contribution in [0.5, 0.6) is 11.5 Å². The van der Waals surface area contributed by atoms with Crippen LogP contribution in [0.1, 0.15) is 21.6 Å². The average molecular weight is 488 g/mol. The second-order valence-corrected chi connectivity index (χ2v) is 7.17. The Morgan fingerprint density at radius 2 is 1.94 bits per heavy atom. The van der Waals surface area contributed by atoms with Crippen LogP contribution in [0.25, 0.3) is 0 Å². The highest BCUT2D eigenvalue weighted by atomic mass is 79.9. The molecule has 0 aliphatic heterocycles. The monoisotopic (exact) mass is 487 g/mol. The predicted octanol–water partition coefficient (Wildman–Crippen LogP) is 3.38. The van der Waals surface area contributed by atoms with E-state index in [9.17, 15) is 14.9 Å². The molecule has 0 radical (unpaired) electrons. The van der Waals surface area contributed by atoms with Crippen LogP contribution in [-0.2, 0) is 6.54 Å². The third-order valence-corrected chi connectivity index (χ3v) is 4.73. The number of nitro groups is 1. The number of ether oxygens (including phenoxy) is 2. The first-order valence-corrected chi connectivity index (χ1v) is 9.72. The Labute approximate surface area is 185 Å². The van der Waals surface area contributed by atoms with E-state index in [0.717, 1.165) is 10.0 Å². The van der Waals surface area contributed by atoms with E-state index in [4.69, 9.17) is 9.47 Å². The number of hydrogen-bond acceptors (Lipinski definition) is 7. The van der Waals surface area contributed by atoms with Crippen LogP contribution in [-0.4, -0.2) is 41.0 Å². The SMILES string of the molecule is COc1ccc(/C=N/NC(=O)c2nn(Cc3ccc(Br)cc3)cc2[N+](=O)[O-])cc1OC. The quantitative estimate of drug-likeness (QED) is 0.295. The summed E-state index contributed by atoms with van der Waals surface area (Å²) in [5.41, 5.74) is 3.04. The summed E-state index contributed by atoms with van der Waals surface area (Å²) in [6.07, 6.45) is 2.60. The van der Waals surface area contributed by atoms with Crippen LogP contribution in [0.15, 0.2) is 58.2 Å². The normalized spacial score (nSPS) is 10.8. The van der Waals surface area contributed by atoms with Gasteiger partial charge in [0, 0.05) is 4.47 Å². The maximum absolute atomic E-state index is 12.4. The van der Waals surface area contributed by atoms with Gasteiger partial charge in [0.25, 0.3) is 5.91 Å². The van der Waals surface area contributed by atoms with Crippen molar-refractivity contribution in [1.29, 1.82) is 0 Å². The number of hydrazone groups is 1. The van der Waals surface area contributed by atoms with Crippen LogP contribution >= 0.6 is 15.9 Å². The van der Waals surface area contributed by atoms with Crippen LogP contribution in [0.2, 0.25) is 0 Å². The Kier molecular flexibility index (Phi) is 6.98. The molecule has 1 aromatic heterocycles. The summed E-state index contributed by atoms with van der Waals surface area (Å²) in [6.45, 7) is 0.274. The Bertz CT molecular complexity index is 1130.